The normalized spacial score (nSPS) is 24.0. The van der Waals surface area contributed by atoms with Crippen molar-refractivity contribution in [2.45, 2.75) is 25.8 Å². The van der Waals surface area contributed by atoms with Gasteiger partial charge in [0, 0.05) is 37.8 Å². The number of nitro groups is 1. The predicted octanol–water partition coefficient (Wildman–Crippen LogP) is 2.74. The molecule has 1 aromatic carbocycles. The van der Waals surface area contributed by atoms with Crippen molar-refractivity contribution in [3.8, 4) is 0 Å². The largest absolute Gasteiger partial charge is 0.352 e. The summed E-state index contributed by atoms with van der Waals surface area (Å²) in [7, 11) is 0. The molecule has 0 radical (unpaired) electrons. The van der Waals surface area contributed by atoms with Crippen molar-refractivity contribution >= 4 is 22.4 Å². The fraction of sp³-hybridized carbons (Fsp3) is 0.471. The van der Waals surface area contributed by atoms with Gasteiger partial charge in [0.05, 0.1) is 15.8 Å². The van der Waals surface area contributed by atoms with E-state index in [1.165, 1.54) is 25.9 Å². The highest BCUT2D eigenvalue weighted by Crippen LogP contribution is 2.31. The molecule has 0 aliphatic carbocycles. The Morgan fingerprint density at radius 3 is 2.65 bits per heavy atom. The van der Waals surface area contributed by atoms with Gasteiger partial charge in [-0.05, 0) is 38.0 Å². The molecule has 1 aromatic heterocycles. The van der Waals surface area contributed by atoms with Crippen LogP contribution in [0.2, 0.25) is 0 Å². The average Bonchev–Trinajstić information content (AvgIpc) is 2.87. The number of hydrogen-bond acceptors (Lipinski definition) is 5. The summed E-state index contributed by atoms with van der Waals surface area (Å²) in [5.41, 5.74) is 1.56. The number of pyridine rings is 1. The number of piperidine rings is 1. The number of aromatic nitrogens is 1. The van der Waals surface area contributed by atoms with E-state index in [1.54, 1.807) is 13.0 Å². The molecule has 3 aliphatic heterocycles. The summed E-state index contributed by atoms with van der Waals surface area (Å²) in [4.78, 5) is 20.7. The van der Waals surface area contributed by atoms with Gasteiger partial charge in [-0.25, -0.2) is 4.98 Å². The van der Waals surface area contributed by atoms with Crippen LogP contribution < -0.4 is 4.90 Å². The number of hydrogen-bond donors (Lipinski definition) is 0. The Morgan fingerprint density at radius 2 is 1.91 bits per heavy atom. The van der Waals surface area contributed by atoms with E-state index in [0.717, 1.165) is 18.9 Å². The molecule has 3 aliphatic rings. The summed E-state index contributed by atoms with van der Waals surface area (Å²) in [5, 5.41) is 12.0. The molecule has 0 unspecified atom stereocenters. The monoisotopic (exact) mass is 312 g/mol. The van der Waals surface area contributed by atoms with E-state index < -0.39 is 0 Å². The SMILES string of the molecule is Cc1ccc2nc(N3CCN4CCC3CC4)ccc2c1[N+](=O)[O-]. The molecular formula is C17H20N4O2. The summed E-state index contributed by atoms with van der Waals surface area (Å²) in [6.07, 6.45) is 2.35. The highest BCUT2D eigenvalue weighted by Gasteiger charge is 2.30. The minimum absolute atomic E-state index is 0.171. The van der Waals surface area contributed by atoms with Crippen molar-refractivity contribution < 1.29 is 4.92 Å². The molecule has 0 saturated carbocycles. The minimum atomic E-state index is -0.306. The molecular weight excluding hydrogens is 292 g/mol. The molecule has 120 valence electrons. The first-order valence-corrected chi connectivity index (χ1v) is 8.17. The number of anilines is 1. The maximum Gasteiger partial charge on any atom is 0.281 e. The van der Waals surface area contributed by atoms with Gasteiger partial charge in [-0.2, -0.15) is 0 Å². The third-order valence-electron chi connectivity index (χ3n) is 5.16. The van der Waals surface area contributed by atoms with E-state index in [2.05, 4.69) is 9.80 Å². The van der Waals surface area contributed by atoms with Crippen LogP contribution in [-0.2, 0) is 0 Å². The van der Waals surface area contributed by atoms with Crippen molar-refractivity contribution in [1.82, 2.24) is 9.88 Å². The minimum Gasteiger partial charge on any atom is -0.352 e. The van der Waals surface area contributed by atoms with Crippen LogP contribution in [0.25, 0.3) is 10.9 Å². The van der Waals surface area contributed by atoms with Crippen LogP contribution in [0.3, 0.4) is 0 Å². The Morgan fingerprint density at radius 1 is 1.13 bits per heavy atom. The van der Waals surface area contributed by atoms with Crippen LogP contribution in [0, 0.1) is 17.0 Å². The molecule has 3 fully saturated rings. The van der Waals surface area contributed by atoms with Gasteiger partial charge in [-0.15, -0.1) is 0 Å². The van der Waals surface area contributed by atoms with Gasteiger partial charge in [-0.3, -0.25) is 10.1 Å². The lowest BCUT2D eigenvalue weighted by Crippen LogP contribution is -2.38. The molecule has 5 rings (SSSR count). The fourth-order valence-corrected chi connectivity index (χ4v) is 3.88. The van der Waals surface area contributed by atoms with Crippen LogP contribution in [0.5, 0.6) is 0 Å². The van der Waals surface area contributed by atoms with E-state index in [-0.39, 0.29) is 10.6 Å². The quantitative estimate of drug-likeness (QED) is 0.630. The zero-order valence-corrected chi connectivity index (χ0v) is 13.2. The summed E-state index contributed by atoms with van der Waals surface area (Å²) < 4.78 is 0. The van der Waals surface area contributed by atoms with Gasteiger partial charge in [0.1, 0.15) is 5.82 Å². The first-order valence-electron chi connectivity index (χ1n) is 8.17. The highest BCUT2D eigenvalue weighted by molar-refractivity contribution is 5.90. The number of nitrogens with zero attached hydrogens (tertiary/aromatic N) is 4. The van der Waals surface area contributed by atoms with E-state index in [1.807, 2.05) is 18.2 Å². The lowest BCUT2D eigenvalue weighted by atomic mass is 10.0. The Kier molecular flexibility index (Phi) is 3.41. The van der Waals surface area contributed by atoms with E-state index >= 15 is 0 Å². The fourth-order valence-electron chi connectivity index (χ4n) is 3.88. The first-order chi connectivity index (χ1) is 11.1. The average molecular weight is 312 g/mol. The topological polar surface area (TPSA) is 62.5 Å². The summed E-state index contributed by atoms with van der Waals surface area (Å²) >= 11 is 0. The third-order valence-corrected chi connectivity index (χ3v) is 5.16. The number of fused-ring (bicyclic) bond motifs is 5. The third kappa shape index (κ3) is 2.43. The second-order valence-electron chi connectivity index (χ2n) is 6.49. The van der Waals surface area contributed by atoms with Crippen molar-refractivity contribution in [3.63, 3.8) is 0 Å². The van der Waals surface area contributed by atoms with Gasteiger partial charge in [0.25, 0.3) is 5.69 Å². The van der Waals surface area contributed by atoms with Crippen LogP contribution in [0.15, 0.2) is 24.3 Å². The second-order valence-corrected chi connectivity index (χ2v) is 6.49. The van der Waals surface area contributed by atoms with Crippen molar-refractivity contribution in [1.29, 1.82) is 0 Å². The van der Waals surface area contributed by atoms with Gasteiger partial charge < -0.3 is 9.80 Å². The van der Waals surface area contributed by atoms with Gasteiger partial charge in [0.15, 0.2) is 0 Å². The second kappa shape index (κ2) is 5.45. The molecule has 6 heteroatoms. The predicted molar refractivity (Wildman–Crippen MR) is 89.9 cm³/mol. The summed E-state index contributed by atoms with van der Waals surface area (Å²) in [5.74, 6) is 0.949. The summed E-state index contributed by atoms with van der Waals surface area (Å²) in [6.45, 7) is 6.16. The molecule has 3 saturated heterocycles. The summed E-state index contributed by atoms with van der Waals surface area (Å²) in [6, 6.07) is 8.03. The standard InChI is InChI=1S/C17H20N4O2/c1-12-2-4-15-14(17(12)21(22)23)3-5-16(18-15)20-11-10-19-8-6-13(20)7-9-19/h2-5,13H,6-11H2,1H3. The smallest absolute Gasteiger partial charge is 0.281 e. The first kappa shape index (κ1) is 14.4. The molecule has 0 spiro atoms. The lowest BCUT2D eigenvalue weighted by Gasteiger charge is -2.32. The van der Waals surface area contributed by atoms with Crippen molar-refractivity contribution in [2.75, 3.05) is 31.1 Å². The number of rotatable bonds is 2. The maximum atomic E-state index is 11.3. The Bertz CT molecular complexity index is 769. The van der Waals surface area contributed by atoms with Gasteiger partial charge in [-0.1, -0.05) is 6.07 Å². The van der Waals surface area contributed by atoms with E-state index in [9.17, 15) is 10.1 Å². The Balaban J connectivity index is 1.77. The molecule has 2 bridgehead atoms. The molecule has 23 heavy (non-hydrogen) atoms. The number of aryl methyl sites for hydroxylation is 1. The maximum absolute atomic E-state index is 11.3. The molecule has 0 amide bonds. The molecule has 0 atom stereocenters. The number of nitro benzene ring substituents is 1. The van der Waals surface area contributed by atoms with Crippen LogP contribution in [0.4, 0.5) is 11.5 Å². The van der Waals surface area contributed by atoms with E-state index in [4.69, 9.17) is 4.98 Å². The Hall–Kier alpha value is -2.21. The van der Waals surface area contributed by atoms with Crippen molar-refractivity contribution in [3.05, 3.63) is 39.9 Å². The van der Waals surface area contributed by atoms with Gasteiger partial charge in [0.2, 0.25) is 0 Å². The van der Waals surface area contributed by atoms with Crippen molar-refractivity contribution in [2.24, 2.45) is 0 Å². The number of benzene rings is 1. The molecule has 6 nitrogen and oxygen atoms in total. The lowest BCUT2D eigenvalue weighted by molar-refractivity contribution is -0.383. The zero-order chi connectivity index (χ0) is 16.0. The van der Waals surface area contributed by atoms with Gasteiger partial charge >= 0.3 is 0 Å². The van der Waals surface area contributed by atoms with Crippen LogP contribution in [-0.4, -0.2) is 47.0 Å². The molecule has 0 N–H and O–H groups in total. The Labute approximate surface area is 134 Å². The molecule has 2 aromatic rings. The van der Waals surface area contributed by atoms with Crippen LogP contribution in [0.1, 0.15) is 18.4 Å². The highest BCUT2D eigenvalue weighted by atomic mass is 16.6. The molecule has 4 heterocycles. The van der Waals surface area contributed by atoms with E-state index in [0.29, 0.717) is 22.5 Å². The van der Waals surface area contributed by atoms with Crippen LogP contribution >= 0.6 is 0 Å². The zero-order valence-electron chi connectivity index (χ0n) is 13.2.